The molecule has 9 aromatic carbocycles. The molecule has 0 aliphatic heterocycles. The van der Waals surface area contributed by atoms with E-state index in [0.29, 0.717) is 0 Å². The predicted octanol–water partition coefficient (Wildman–Crippen LogP) is 14.7. The van der Waals surface area contributed by atoms with Crippen molar-refractivity contribution in [1.82, 2.24) is 0 Å². The summed E-state index contributed by atoms with van der Waals surface area (Å²) in [5.41, 5.74) is 13.0. The number of thiophene rings is 1. The maximum Gasteiger partial charge on any atom is 0.0714 e. The summed E-state index contributed by atoms with van der Waals surface area (Å²) < 4.78 is 2.62. The zero-order valence-electron chi connectivity index (χ0n) is 30.1. The van der Waals surface area contributed by atoms with Crippen LogP contribution in [0.25, 0.3) is 53.2 Å². The van der Waals surface area contributed by atoms with Crippen LogP contribution in [0.15, 0.2) is 212 Å². The van der Waals surface area contributed by atoms with Crippen LogP contribution >= 0.6 is 11.3 Å². The minimum Gasteiger partial charge on any atom is -0.309 e. The van der Waals surface area contributed by atoms with Crippen LogP contribution in [0.4, 0.5) is 17.1 Å². The Hall–Kier alpha value is -6.74. The minimum atomic E-state index is -0.499. The fourth-order valence-electron chi connectivity index (χ4n) is 9.19. The molecule has 1 heterocycles. The van der Waals surface area contributed by atoms with Gasteiger partial charge in [-0.2, -0.15) is 0 Å². The molecule has 55 heavy (non-hydrogen) atoms. The van der Waals surface area contributed by atoms with Crippen LogP contribution in [0.1, 0.15) is 22.3 Å². The Morgan fingerprint density at radius 1 is 0.364 bits per heavy atom. The van der Waals surface area contributed by atoms with Gasteiger partial charge in [-0.1, -0.05) is 176 Å². The highest BCUT2D eigenvalue weighted by atomic mass is 32.1. The summed E-state index contributed by atoms with van der Waals surface area (Å²) in [5.74, 6) is 0. The molecule has 1 nitrogen and oxygen atoms in total. The van der Waals surface area contributed by atoms with Crippen molar-refractivity contribution in [3.63, 3.8) is 0 Å². The highest BCUT2D eigenvalue weighted by molar-refractivity contribution is 7.25. The largest absolute Gasteiger partial charge is 0.309 e. The topological polar surface area (TPSA) is 3.24 Å². The zero-order chi connectivity index (χ0) is 36.3. The van der Waals surface area contributed by atoms with Gasteiger partial charge in [0.25, 0.3) is 0 Å². The summed E-state index contributed by atoms with van der Waals surface area (Å²) in [6.07, 6.45) is 0. The molecule has 0 spiro atoms. The van der Waals surface area contributed by atoms with Crippen LogP contribution in [-0.2, 0) is 5.41 Å². The summed E-state index contributed by atoms with van der Waals surface area (Å²) in [7, 11) is 0. The number of para-hydroxylation sites is 1. The lowest BCUT2D eigenvalue weighted by atomic mass is 9.67. The highest BCUT2D eigenvalue weighted by Gasteiger charge is 2.46. The van der Waals surface area contributed by atoms with E-state index in [-0.39, 0.29) is 0 Å². The summed E-state index contributed by atoms with van der Waals surface area (Å²) in [4.78, 5) is 2.50. The van der Waals surface area contributed by atoms with Crippen molar-refractivity contribution >= 4 is 59.3 Å². The fraction of sp³-hybridized carbons (Fsp3) is 0.0189. The molecule has 0 saturated carbocycles. The Balaban J connectivity index is 1.20. The van der Waals surface area contributed by atoms with Gasteiger partial charge in [0, 0.05) is 36.8 Å². The van der Waals surface area contributed by atoms with Crippen molar-refractivity contribution in [2.24, 2.45) is 0 Å². The van der Waals surface area contributed by atoms with Crippen LogP contribution in [0.2, 0.25) is 0 Å². The first-order valence-corrected chi connectivity index (χ1v) is 19.7. The maximum absolute atomic E-state index is 2.50. The van der Waals surface area contributed by atoms with E-state index in [9.17, 15) is 0 Å². The van der Waals surface area contributed by atoms with E-state index < -0.39 is 5.41 Å². The van der Waals surface area contributed by atoms with E-state index in [1.54, 1.807) is 0 Å². The van der Waals surface area contributed by atoms with Gasteiger partial charge < -0.3 is 4.90 Å². The standard InChI is InChI=1S/C53H35NS/c1-3-18-38(19-4-1)53(39-20-5-2-6-21-39)47-26-12-9-24-43(47)44-33-31-40(35-48(44)53)54(50-28-15-17-36-16-7-8-22-41(36)50)49-27-13-10-23-42(49)37-30-32-46-45-25-11-14-29-51(45)55-52(46)34-37/h1-35H. The summed E-state index contributed by atoms with van der Waals surface area (Å²) in [6, 6.07) is 78.4. The van der Waals surface area contributed by atoms with Gasteiger partial charge in [0.05, 0.1) is 16.8 Å². The van der Waals surface area contributed by atoms with Crippen LogP contribution in [0.5, 0.6) is 0 Å². The van der Waals surface area contributed by atoms with E-state index in [4.69, 9.17) is 0 Å². The quantitative estimate of drug-likeness (QED) is 0.166. The summed E-state index contributed by atoms with van der Waals surface area (Å²) >= 11 is 1.87. The third-order valence-electron chi connectivity index (χ3n) is 11.5. The molecule has 1 aliphatic carbocycles. The van der Waals surface area contributed by atoms with Gasteiger partial charge in [0.1, 0.15) is 0 Å². The maximum atomic E-state index is 2.50. The molecule has 10 aromatic rings. The van der Waals surface area contributed by atoms with Crippen molar-refractivity contribution in [1.29, 1.82) is 0 Å². The van der Waals surface area contributed by atoms with E-state index in [2.05, 4.69) is 217 Å². The third kappa shape index (κ3) is 4.85. The van der Waals surface area contributed by atoms with Gasteiger partial charge in [-0.15, -0.1) is 11.3 Å². The Bertz CT molecular complexity index is 3000. The van der Waals surface area contributed by atoms with Crippen molar-refractivity contribution in [3.05, 3.63) is 235 Å². The SMILES string of the molecule is c1ccc(C2(c3ccccc3)c3ccccc3-c3ccc(N(c4ccccc4-c4ccc5c(c4)sc4ccccc45)c4cccc5ccccc45)cc32)cc1. The monoisotopic (exact) mass is 717 g/mol. The van der Waals surface area contributed by atoms with Crippen LogP contribution < -0.4 is 4.90 Å². The molecule has 0 N–H and O–H groups in total. The van der Waals surface area contributed by atoms with Crippen molar-refractivity contribution in [2.75, 3.05) is 4.90 Å². The normalized spacial score (nSPS) is 12.9. The molecular weight excluding hydrogens is 683 g/mol. The number of anilines is 3. The molecule has 0 atom stereocenters. The lowest BCUT2D eigenvalue weighted by Crippen LogP contribution is -2.28. The van der Waals surface area contributed by atoms with Crippen molar-refractivity contribution < 1.29 is 0 Å². The van der Waals surface area contributed by atoms with Gasteiger partial charge in [-0.05, 0) is 80.7 Å². The smallest absolute Gasteiger partial charge is 0.0714 e. The molecule has 0 fully saturated rings. The number of hydrogen-bond donors (Lipinski definition) is 0. The first-order chi connectivity index (χ1) is 27.3. The molecule has 258 valence electrons. The highest BCUT2D eigenvalue weighted by Crippen LogP contribution is 2.57. The Morgan fingerprint density at radius 3 is 1.78 bits per heavy atom. The van der Waals surface area contributed by atoms with E-state index in [0.717, 1.165) is 17.1 Å². The average molecular weight is 718 g/mol. The van der Waals surface area contributed by atoms with Gasteiger partial charge >= 0.3 is 0 Å². The second-order valence-corrected chi connectivity index (χ2v) is 15.5. The number of rotatable bonds is 6. The second-order valence-electron chi connectivity index (χ2n) is 14.4. The van der Waals surface area contributed by atoms with E-state index in [1.807, 2.05) is 11.3 Å². The molecule has 0 amide bonds. The third-order valence-corrected chi connectivity index (χ3v) is 12.7. The minimum absolute atomic E-state index is 0.499. The van der Waals surface area contributed by atoms with Crippen LogP contribution in [-0.4, -0.2) is 0 Å². The molecule has 2 heteroatoms. The Labute approximate surface area is 325 Å². The van der Waals surface area contributed by atoms with E-state index >= 15 is 0 Å². The predicted molar refractivity (Wildman–Crippen MR) is 234 cm³/mol. The molecule has 1 aliphatic rings. The van der Waals surface area contributed by atoms with Gasteiger partial charge in [0.15, 0.2) is 0 Å². The van der Waals surface area contributed by atoms with Crippen molar-refractivity contribution in [3.8, 4) is 22.3 Å². The first kappa shape index (κ1) is 31.8. The van der Waals surface area contributed by atoms with Crippen LogP contribution in [0, 0.1) is 0 Å². The molecular formula is C53H35NS. The molecule has 0 unspecified atom stereocenters. The molecule has 11 rings (SSSR count). The number of nitrogens with zero attached hydrogens (tertiary/aromatic N) is 1. The number of benzene rings is 9. The summed E-state index contributed by atoms with van der Waals surface area (Å²) in [5, 5.41) is 5.05. The van der Waals surface area contributed by atoms with Gasteiger partial charge in [0.2, 0.25) is 0 Å². The van der Waals surface area contributed by atoms with Gasteiger partial charge in [-0.3, -0.25) is 0 Å². The van der Waals surface area contributed by atoms with Gasteiger partial charge in [-0.25, -0.2) is 0 Å². The molecule has 0 saturated heterocycles. The lowest BCUT2D eigenvalue weighted by molar-refractivity contribution is 0.768. The Kier molecular flexibility index (Phi) is 7.33. The molecule has 0 bridgehead atoms. The fourth-order valence-corrected chi connectivity index (χ4v) is 10.3. The first-order valence-electron chi connectivity index (χ1n) is 18.9. The van der Waals surface area contributed by atoms with Crippen LogP contribution in [0.3, 0.4) is 0 Å². The molecule has 1 aromatic heterocycles. The molecule has 0 radical (unpaired) electrons. The second kappa shape index (κ2) is 12.7. The van der Waals surface area contributed by atoms with E-state index in [1.165, 1.54) is 75.5 Å². The zero-order valence-corrected chi connectivity index (χ0v) is 30.9. The Morgan fingerprint density at radius 2 is 0.964 bits per heavy atom. The number of hydrogen-bond acceptors (Lipinski definition) is 2. The number of fused-ring (bicyclic) bond motifs is 7. The summed E-state index contributed by atoms with van der Waals surface area (Å²) in [6.45, 7) is 0. The lowest BCUT2D eigenvalue weighted by Gasteiger charge is -2.35. The van der Waals surface area contributed by atoms with Crippen molar-refractivity contribution in [2.45, 2.75) is 5.41 Å². The average Bonchev–Trinajstić information content (AvgIpc) is 3.78.